The highest BCUT2D eigenvalue weighted by atomic mass is 32.1. The van der Waals surface area contributed by atoms with Gasteiger partial charge in [-0.25, -0.2) is 0 Å². The number of thiophene rings is 2. The molecular formula is C21H19N3OS2. The number of carbonyl (C=O) groups excluding carboxylic acids is 1. The molecule has 0 unspecified atom stereocenters. The van der Waals surface area contributed by atoms with Crippen LogP contribution in [0.3, 0.4) is 0 Å². The molecule has 0 aliphatic carbocycles. The second kappa shape index (κ2) is 6.87. The van der Waals surface area contributed by atoms with E-state index < -0.39 is 0 Å². The van der Waals surface area contributed by atoms with Crippen molar-refractivity contribution in [3.63, 3.8) is 0 Å². The number of aromatic amines is 1. The van der Waals surface area contributed by atoms with Crippen LogP contribution in [0.1, 0.15) is 10.4 Å². The molecule has 0 radical (unpaired) electrons. The lowest BCUT2D eigenvalue weighted by atomic mass is 10.1. The Hall–Kier alpha value is -2.57. The number of piperazine rings is 1. The summed E-state index contributed by atoms with van der Waals surface area (Å²) < 4.78 is 0. The highest BCUT2D eigenvalue weighted by molar-refractivity contribution is 7.14. The van der Waals surface area contributed by atoms with Crippen molar-refractivity contribution in [3.05, 3.63) is 65.0 Å². The Bertz CT molecular complexity index is 1060. The molecule has 3 aromatic heterocycles. The minimum atomic E-state index is 0.126. The Morgan fingerprint density at radius 3 is 2.52 bits per heavy atom. The minimum Gasteiger partial charge on any atom is -0.361 e. The molecule has 4 heterocycles. The number of amides is 1. The van der Waals surface area contributed by atoms with Gasteiger partial charge in [0.2, 0.25) is 0 Å². The van der Waals surface area contributed by atoms with Crippen LogP contribution >= 0.6 is 22.7 Å². The van der Waals surface area contributed by atoms with Crippen LogP contribution in [-0.2, 0) is 0 Å². The van der Waals surface area contributed by atoms with Crippen molar-refractivity contribution in [3.8, 4) is 10.4 Å². The molecule has 4 nitrogen and oxygen atoms in total. The number of hydrogen-bond acceptors (Lipinski definition) is 4. The summed E-state index contributed by atoms with van der Waals surface area (Å²) in [5.41, 5.74) is 3.00. The zero-order valence-corrected chi connectivity index (χ0v) is 16.4. The lowest BCUT2D eigenvalue weighted by molar-refractivity contribution is 0.0747. The Labute approximate surface area is 165 Å². The van der Waals surface area contributed by atoms with Crippen molar-refractivity contribution >= 4 is 44.5 Å². The summed E-state index contributed by atoms with van der Waals surface area (Å²) in [5, 5.41) is 6.58. The van der Waals surface area contributed by atoms with Gasteiger partial charge in [0.25, 0.3) is 5.91 Å². The lowest BCUT2D eigenvalue weighted by Gasteiger charge is -2.35. The number of aromatic nitrogens is 1. The van der Waals surface area contributed by atoms with E-state index in [-0.39, 0.29) is 5.91 Å². The second-order valence-electron chi connectivity index (χ2n) is 6.67. The molecule has 1 aliphatic heterocycles. The van der Waals surface area contributed by atoms with Crippen LogP contribution in [0.2, 0.25) is 0 Å². The van der Waals surface area contributed by atoms with E-state index in [2.05, 4.69) is 44.9 Å². The van der Waals surface area contributed by atoms with Gasteiger partial charge < -0.3 is 14.8 Å². The highest BCUT2D eigenvalue weighted by Crippen LogP contribution is 2.32. The summed E-state index contributed by atoms with van der Waals surface area (Å²) in [6.45, 7) is 3.30. The first-order chi connectivity index (χ1) is 13.3. The quantitative estimate of drug-likeness (QED) is 0.537. The van der Waals surface area contributed by atoms with Crippen LogP contribution in [0.25, 0.3) is 21.3 Å². The summed E-state index contributed by atoms with van der Waals surface area (Å²) >= 11 is 3.47. The number of nitrogens with one attached hydrogen (secondary N) is 1. The van der Waals surface area contributed by atoms with Crippen LogP contribution in [0.15, 0.2) is 59.4 Å². The predicted molar refractivity (Wildman–Crippen MR) is 114 cm³/mol. The topological polar surface area (TPSA) is 39.3 Å². The van der Waals surface area contributed by atoms with Gasteiger partial charge in [-0.15, -0.1) is 22.7 Å². The van der Waals surface area contributed by atoms with E-state index in [0.29, 0.717) is 0 Å². The molecule has 1 aromatic carbocycles. The van der Waals surface area contributed by atoms with Gasteiger partial charge in [-0.2, -0.15) is 0 Å². The van der Waals surface area contributed by atoms with E-state index in [1.54, 1.807) is 22.7 Å². The molecule has 0 spiro atoms. The SMILES string of the molecule is O=C(c1ccc2[nH]cc(-c3cccs3)c2c1)N1CCN(c2cccs2)CC1. The van der Waals surface area contributed by atoms with Gasteiger partial charge in [-0.1, -0.05) is 6.07 Å². The predicted octanol–water partition coefficient (Wildman–Crippen LogP) is 4.92. The van der Waals surface area contributed by atoms with Crippen molar-refractivity contribution in [2.75, 3.05) is 31.1 Å². The number of benzene rings is 1. The summed E-state index contributed by atoms with van der Waals surface area (Å²) in [4.78, 5) is 21.9. The molecule has 0 saturated carbocycles. The van der Waals surface area contributed by atoms with Crippen LogP contribution in [-0.4, -0.2) is 42.0 Å². The highest BCUT2D eigenvalue weighted by Gasteiger charge is 2.23. The maximum atomic E-state index is 13.1. The molecule has 6 heteroatoms. The Morgan fingerprint density at radius 1 is 0.963 bits per heavy atom. The first-order valence-electron chi connectivity index (χ1n) is 9.02. The number of anilines is 1. The zero-order chi connectivity index (χ0) is 18.2. The zero-order valence-electron chi connectivity index (χ0n) is 14.7. The van der Waals surface area contributed by atoms with Crippen molar-refractivity contribution in [1.82, 2.24) is 9.88 Å². The van der Waals surface area contributed by atoms with E-state index in [1.165, 1.54) is 9.88 Å². The molecule has 0 atom stereocenters. The molecule has 27 heavy (non-hydrogen) atoms. The number of H-pyrrole nitrogens is 1. The summed E-state index contributed by atoms with van der Waals surface area (Å²) in [6, 6.07) is 14.4. The van der Waals surface area contributed by atoms with E-state index in [1.807, 2.05) is 29.3 Å². The lowest BCUT2D eigenvalue weighted by Crippen LogP contribution is -2.48. The van der Waals surface area contributed by atoms with Crippen molar-refractivity contribution in [2.45, 2.75) is 0 Å². The normalized spacial score (nSPS) is 14.8. The molecule has 1 fully saturated rings. The van der Waals surface area contributed by atoms with Crippen molar-refractivity contribution in [2.24, 2.45) is 0 Å². The molecule has 1 aliphatic rings. The maximum absolute atomic E-state index is 13.1. The third kappa shape index (κ3) is 3.05. The fourth-order valence-electron chi connectivity index (χ4n) is 3.65. The van der Waals surface area contributed by atoms with Crippen LogP contribution < -0.4 is 4.90 Å². The van der Waals surface area contributed by atoms with Crippen molar-refractivity contribution < 1.29 is 4.79 Å². The standard InChI is InChI=1S/C21H19N3OS2/c25-21(24-9-7-23(8-10-24)20-4-2-12-27-20)15-5-6-18-16(13-15)17(14-22-18)19-3-1-11-26-19/h1-6,11-14,22H,7-10H2. The average Bonchev–Trinajstić information content (AvgIpc) is 3.48. The molecule has 1 saturated heterocycles. The third-order valence-corrected chi connectivity index (χ3v) is 6.93. The smallest absolute Gasteiger partial charge is 0.253 e. The van der Waals surface area contributed by atoms with E-state index in [9.17, 15) is 4.79 Å². The Morgan fingerprint density at radius 2 is 1.78 bits per heavy atom. The van der Waals surface area contributed by atoms with Gasteiger partial charge in [0.05, 0.1) is 5.00 Å². The number of carbonyl (C=O) groups is 1. The van der Waals surface area contributed by atoms with Gasteiger partial charge in [0.15, 0.2) is 0 Å². The molecular weight excluding hydrogens is 374 g/mol. The van der Waals surface area contributed by atoms with E-state index in [4.69, 9.17) is 0 Å². The third-order valence-electron chi connectivity index (χ3n) is 5.10. The number of nitrogens with zero attached hydrogens (tertiary/aromatic N) is 2. The first kappa shape index (κ1) is 16.6. The Kier molecular flexibility index (Phi) is 4.22. The summed E-state index contributed by atoms with van der Waals surface area (Å²) in [6.07, 6.45) is 2.03. The summed E-state index contributed by atoms with van der Waals surface area (Å²) in [7, 11) is 0. The van der Waals surface area contributed by atoms with E-state index >= 15 is 0 Å². The number of fused-ring (bicyclic) bond motifs is 1. The maximum Gasteiger partial charge on any atom is 0.253 e. The van der Waals surface area contributed by atoms with Crippen LogP contribution in [0.4, 0.5) is 5.00 Å². The monoisotopic (exact) mass is 393 g/mol. The largest absolute Gasteiger partial charge is 0.361 e. The fourth-order valence-corrected chi connectivity index (χ4v) is 5.19. The number of hydrogen-bond donors (Lipinski definition) is 1. The van der Waals surface area contributed by atoms with Gasteiger partial charge in [-0.3, -0.25) is 4.79 Å². The first-order valence-corrected chi connectivity index (χ1v) is 10.8. The molecule has 1 amide bonds. The van der Waals surface area contributed by atoms with Crippen LogP contribution in [0, 0.1) is 0 Å². The van der Waals surface area contributed by atoms with Crippen LogP contribution in [0.5, 0.6) is 0 Å². The molecule has 4 aromatic rings. The molecule has 0 bridgehead atoms. The van der Waals surface area contributed by atoms with E-state index in [0.717, 1.165) is 48.2 Å². The number of rotatable bonds is 3. The van der Waals surface area contributed by atoms with Gasteiger partial charge in [0, 0.05) is 59.3 Å². The molecule has 136 valence electrons. The Balaban J connectivity index is 1.37. The van der Waals surface area contributed by atoms with Gasteiger partial charge >= 0.3 is 0 Å². The molecule has 5 rings (SSSR count). The minimum absolute atomic E-state index is 0.126. The molecule has 1 N–H and O–H groups in total. The van der Waals surface area contributed by atoms with Gasteiger partial charge in [0.1, 0.15) is 0 Å². The second-order valence-corrected chi connectivity index (χ2v) is 8.54. The summed E-state index contributed by atoms with van der Waals surface area (Å²) in [5.74, 6) is 0.126. The fraction of sp³-hybridized carbons (Fsp3) is 0.190. The van der Waals surface area contributed by atoms with Gasteiger partial charge in [-0.05, 0) is 47.2 Å². The average molecular weight is 394 g/mol. The van der Waals surface area contributed by atoms with Crippen molar-refractivity contribution in [1.29, 1.82) is 0 Å².